The summed E-state index contributed by atoms with van der Waals surface area (Å²) in [6.07, 6.45) is 5.23. The second-order valence-electron chi connectivity index (χ2n) is 5.65. The quantitative estimate of drug-likeness (QED) is 0.850. The average molecular weight is 305 g/mol. The number of nitrogen functional groups attached to an aromatic ring is 1. The van der Waals surface area contributed by atoms with Gasteiger partial charge in [0.05, 0.1) is 5.52 Å². The lowest BCUT2D eigenvalue weighted by atomic mass is 9.76. The molecule has 6 heteroatoms. The molecule has 5 nitrogen and oxygen atoms in total. The fraction of sp³-hybridized carbons (Fsp3) is 0.400. The standard InChI is InChI=1S/C15H19N3O2S/c1-2-15(8-4-9-15)18-21(19,20)13-7-6-12(16)11-5-3-10-17-14(11)13/h3,5-7,10,18H,2,4,8-9,16H2,1H3. The Labute approximate surface area is 124 Å². The molecule has 0 saturated heterocycles. The van der Waals surface area contributed by atoms with E-state index < -0.39 is 10.0 Å². The molecule has 1 heterocycles. The molecule has 112 valence electrons. The summed E-state index contributed by atoms with van der Waals surface area (Å²) in [5.74, 6) is 0. The fourth-order valence-electron chi connectivity index (χ4n) is 2.86. The number of nitrogens with zero attached hydrogens (tertiary/aromatic N) is 1. The van der Waals surface area contributed by atoms with Crippen LogP contribution < -0.4 is 10.5 Å². The van der Waals surface area contributed by atoms with Crippen molar-refractivity contribution in [3.05, 3.63) is 30.5 Å². The predicted molar refractivity (Wildman–Crippen MR) is 83.3 cm³/mol. The number of fused-ring (bicyclic) bond motifs is 1. The Morgan fingerprint density at radius 2 is 2.10 bits per heavy atom. The lowest BCUT2D eigenvalue weighted by Crippen LogP contribution is -2.52. The molecule has 1 aromatic carbocycles. The van der Waals surface area contributed by atoms with Crippen molar-refractivity contribution in [1.29, 1.82) is 0 Å². The van der Waals surface area contributed by atoms with Crippen LogP contribution in [-0.2, 0) is 10.0 Å². The molecule has 0 bridgehead atoms. The lowest BCUT2D eigenvalue weighted by Gasteiger charge is -2.41. The van der Waals surface area contributed by atoms with Gasteiger partial charge in [0.2, 0.25) is 10.0 Å². The van der Waals surface area contributed by atoms with Crippen LogP contribution in [0, 0.1) is 0 Å². The zero-order valence-electron chi connectivity index (χ0n) is 12.0. The average Bonchev–Trinajstić information content (AvgIpc) is 2.43. The highest BCUT2D eigenvalue weighted by Crippen LogP contribution is 2.37. The first-order chi connectivity index (χ1) is 9.97. The van der Waals surface area contributed by atoms with Crippen LogP contribution in [0.1, 0.15) is 32.6 Å². The van der Waals surface area contributed by atoms with E-state index in [0.717, 1.165) is 25.7 Å². The van der Waals surface area contributed by atoms with E-state index in [-0.39, 0.29) is 10.4 Å². The molecule has 21 heavy (non-hydrogen) atoms. The number of nitrogens with two attached hydrogens (primary N) is 1. The van der Waals surface area contributed by atoms with Gasteiger partial charge in [0.15, 0.2) is 0 Å². The van der Waals surface area contributed by atoms with Crippen molar-refractivity contribution in [2.75, 3.05) is 5.73 Å². The third-order valence-corrected chi connectivity index (χ3v) is 6.00. The molecule has 1 fully saturated rings. The molecule has 2 aromatic rings. The highest BCUT2D eigenvalue weighted by atomic mass is 32.2. The summed E-state index contributed by atoms with van der Waals surface area (Å²) >= 11 is 0. The van der Waals surface area contributed by atoms with Gasteiger partial charge in [-0.2, -0.15) is 0 Å². The van der Waals surface area contributed by atoms with Crippen molar-refractivity contribution in [2.24, 2.45) is 0 Å². The molecular weight excluding hydrogens is 286 g/mol. The highest BCUT2D eigenvalue weighted by Gasteiger charge is 2.39. The van der Waals surface area contributed by atoms with Crippen molar-refractivity contribution >= 4 is 26.6 Å². The SMILES string of the molecule is CCC1(NS(=O)(=O)c2ccc(N)c3cccnc23)CCC1. The Kier molecular flexibility index (Phi) is 3.37. The number of hydrogen-bond donors (Lipinski definition) is 2. The van der Waals surface area contributed by atoms with Gasteiger partial charge in [0.25, 0.3) is 0 Å². The highest BCUT2D eigenvalue weighted by molar-refractivity contribution is 7.89. The van der Waals surface area contributed by atoms with E-state index in [0.29, 0.717) is 16.6 Å². The van der Waals surface area contributed by atoms with E-state index in [1.807, 2.05) is 6.92 Å². The minimum atomic E-state index is -3.60. The third kappa shape index (κ3) is 2.38. The van der Waals surface area contributed by atoms with E-state index in [4.69, 9.17) is 5.73 Å². The van der Waals surface area contributed by atoms with Gasteiger partial charge in [-0.1, -0.05) is 6.92 Å². The number of benzene rings is 1. The van der Waals surface area contributed by atoms with Crippen molar-refractivity contribution < 1.29 is 8.42 Å². The minimum Gasteiger partial charge on any atom is -0.398 e. The van der Waals surface area contributed by atoms with E-state index in [2.05, 4.69) is 9.71 Å². The molecule has 0 spiro atoms. The maximum Gasteiger partial charge on any atom is 0.243 e. The Morgan fingerprint density at radius 1 is 1.33 bits per heavy atom. The molecule has 1 aliphatic rings. The predicted octanol–water partition coefficient (Wildman–Crippen LogP) is 2.43. The summed E-state index contributed by atoms with van der Waals surface area (Å²) in [5, 5.41) is 0.666. The lowest BCUT2D eigenvalue weighted by molar-refractivity contribution is 0.214. The number of rotatable bonds is 4. The molecule has 0 unspecified atom stereocenters. The van der Waals surface area contributed by atoms with Crippen molar-refractivity contribution in [3.8, 4) is 0 Å². The minimum absolute atomic E-state index is 0.201. The summed E-state index contributed by atoms with van der Waals surface area (Å²) in [6, 6.07) is 6.70. The maximum absolute atomic E-state index is 12.7. The van der Waals surface area contributed by atoms with Crippen LogP contribution >= 0.6 is 0 Å². The van der Waals surface area contributed by atoms with Gasteiger partial charge in [-0.3, -0.25) is 4.98 Å². The molecular formula is C15H19N3O2S. The van der Waals surface area contributed by atoms with Crippen molar-refractivity contribution in [2.45, 2.75) is 43.0 Å². The molecule has 3 rings (SSSR count). The molecule has 1 aromatic heterocycles. The topological polar surface area (TPSA) is 85.1 Å². The fourth-order valence-corrected chi connectivity index (χ4v) is 4.55. The number of sulfonamides is 1. The number of pyridine rings is 1. The summed E-state index contributed by atoms with van der Waals surface area (Å²) in [4.78, 5) is 4.41. The summed E-state index contributed by atoms with van der Waals surface area (Å²) < 4.78 is 28.3. The second kappa shape index (κ2) is 4.96. The maximum atomic E-state index is 12.7. The first kappa shape index (κ1) is 14.3. The summed E-state index contributed by atoms with van der Waals surface area (Å²) in [6.45, 7) is 2.01. The smallest absolute Gasteiger partial charge is 0.243 e. The number of hydrogen-bond acceptors (Lipinski definition) is 4. The van der Waals surface area contributed by atoms with E-state index in [1.54, 1.807) is 24.4 Å². The van der Waals surface area contributed by atoms with E-state index in [9.17, 15) is 8.42 Å². The van der Waals surface area contributed by atoms with Gasteiger partial charge in [0, 0.05) is 22.8 Å². The molecule has 1 aliphatic carbocycles. The monoisotopic (exact) mass is 305 g/mol. The molecule has 0 radical (unpaired) electrons. The van der Waals surface area contributed by atoms with Gasteiger partial charge in [-0.15, -0.1) is 0 Å². The van der Waals surface area contributed by atoms with Crippen LogP contribution in [0.15, 0.2) is 35.4 Å². The zero-order valence-corrected chi connectivity index (χ0v) is 12.8. The van der Waals surface area contributed by atoms with Gasteiger partial charge in [-0.25, -0.2) is 13.1 Å². The van der Waals surface area contributed by atoms with E-state index in [1.165, 1.54) is 6.07 Å². The molecule has 0 aliphatic heterocycles. The normalized spacial score (nSPS) is 17.6. The van der Waals surface area contributed by atoms with Gasteiger partial charge >= 0.3 is 0 Å². The van der Waals surface area contributed by atoms with Crippen LogP contribution in [0.25, 0.3) is 10.9 Å². The molecule has 1 saturated carbocycles. The van der Waals surface area contributed by atoms with Crippen LogP contribution in [0.2, 0.25) is 0 Å². The number of nitrogens with one attached hydrogen (secondary N) is 1. The largest absolute Gasteiger partial charge is 0.398 e. The van der Waals surface area contributed by atoms with Crippen molar-refractivity contribution in [3.63, 3.8) is 0 Å². The van der Waals surface area contributed by atoms with Crippen LogP contribution in [0.3, 0.4) is 0 Å². The first-order valence-corrected chi connectivity index (χ1v) is 8.63. The van der Waals surface area contributed by atoms with Crippen LogP contribution in [0.5, 0.6) is 0 Å². The molecule has 0 atom stereocenters. The molecule has 0 amide bonds. The molecule has 3 N–H and O–H groups in total. The Morgan fingerprint density at radius 3 is 2.71 bits per heavy atom. The summed E-state index contributed by atoms with van der Waals surface area (Å²) in [7, 11) is -3.60. The second-order valence-corrected chi connectivity index (χ2v) is 7.30. The van der Waals surface area contributed by atoms with Crippen molar-refractivity contribution in [1.82, 2.24) is 9.71 Å². The van der Waals surface area contributed by atoms with Gasteiger partial charge in [0.1, 0.15) is 4.90 Å². The Balaban J connectivity index is 2.09. The van der Waals surface area contributed by atoms with Gasteiger partial charge < -0.3 is 5.73 Å². The Bertz CT molecular complexity index is 777. The number of anilines is 1. The Hall–Kier alpha value is -1.66. The zero-order chi connectivity index (χ0) is 15.1. The first-order valence-electron chi connectivity index (χ1n) is 7.15. The van der Waals surface area contributed by atoms with Gasteiger partial charge in [-0.05, 0) is 49.9 Å². The number of aromatic nitrogens is 1. The van der Waals surface area contributed by atoms with E-state index >= 15 is 0 Å². The third-order valence-electron chi connectivity index (χ3n) is 4.39. The van der Waals surface area contributed by atoms with Crippen LogP contribution in [-0.4, -0.2) is 18.9 Å². The van der Waals surface area contributed by atoms with Crippen LogP contribution in [0.4, 0.5) is 5.69 Å². The summed E-state index contributed by atoms with van der Waals surface area (Å²) in [5.41, 5.74) is 6.57.